The van der Waals surface area contributed by atoms with Crippen LogP contribution in [0.2, 0.25) is 0 Å². The van der Waals surface area contributed by atoms with Crippen LogP contribution >= 0.6 is 0 Å². The van der Waals surface area contributed by atoms with Gasteiger partial charge in [-0.3, -0.25) is 4.79 Å². The zero-order valence-corrected chi connectivity index (χ0v) is 8.67. The van der Waals surface area contributed by atoms with Gasteiger partial charge in [-0.25, -0.2) is 0 Å². The summed E-state index contributed by atoms with van der Waals surface area (Å²) in [7, 11) is 0. The molecule has 2 aliphatic rings. The summed E-state index contributed by atoms with van der Waals surface area (Å²) in [5.74, 6) is 0.949. The number of hydrogen-bond acceptors (Lipinski definition) is 2. The summed E-state index contributed by atoms with van der Waals surface area (Å²) in [4.78, 5) is 11.2. The first-order valence-electron chi connectivity index (χ1n) is 5.26. The summed E-state index contributed by atoms with van der Waals surface area (Å²) in [6.07, 6.45) is 2.73. The van der Waals surface area contributed by atoms with Gasteiger partial charge in [-0.1, -0.05) is 0 Å². The molecule has 1 N–H and O–H groups in total. The molecule has 1 heterocycles. The van der Waals surface area contributed by atoms with Crippen molar-refractivity contribution < 1.29 is 9.53 Å². The van der Waals surface area contributed by atoms with E-state index in [9.17, 15) is 4.79 Å². The van der Waals surface area contributed by atoms with Crippen molar-refractivity contribution in [1.82, 2.24) is 0 Å². The quantitative estimate of drug-likeness (QED) is 0.799. The molecule has 3 rings (SSSR count). The lowest BCUT2D eigenvalue weighted by molar-refractivity contribution is -0.115. The third-order valence-electron chi connectivity index (χ3n) is 3.02. The average Bonchev–Trinajstić information content (AvgIpc) is 2.76. The third-order valence-corrected chi connectivity index (χ3v) is 3.02. The number of hydrogen-bond donors (Lipinski definition) is 1. The van der Waals surface area contributed by atoms with E-state index in [1.807, 2.05) is 18.2 Å². The Morgan fingerprint density at radius 1 is 1.40 bits per heavy atom. The van der Waals surface area contributed by atoms with Gasteiger partial charge in [0.2, 0.25) is 5.91 Å². The minimum atomic E-state index is 0.0459. The maximum atomic E-state index is 11.2. The van der Waals surface area contributed by atoms with Gasteiger partial charge in [0.15, 0.2) is 0 Å². The van der Waals surface area contributed by atoms with E-state index in [1.165, 1.54) is 0 Å². The van der Waals surface area contributed by atoms with Crippen LogP contribution in [0.25, 0.3) is 0 Å². The van der Waals surface area contributed by atoms with E-state index in [2.05, 4.69) is 12.2 Å². The van der Waals surface area contributed by atoms with Crippen LogP contribution < -0.4 is 10.1 Å². The lowest BCUT2D eigenvalue weighted by Crippen LogP contribution is -2.11. The molecule has 0 atom stereocenters. The second-order valence-corrected chi connectivity index (χ2v) is 4.60. The fourth-order valence-electron chi connectivity index (χ4n) is 1.83. The van der Waals surface area contributed by atoms with Crippen molar-refractivity contribution in [2.24, 2.45) is 0 Å². The Labute approximate surface area is 88.4 Å². The van der Waals surface area contributed by atoms with Crippen LogP contribution in [0.3, 0.4) is 0 Å². The van der Waals surface area contributed by atoms with Gasteiger partial charge in [0.1, 0.15) is 11.4 Å². The highest BCUT2D eigenvalue weighted by Crippen LogP contribution is 2.40. The standard InChI is InChI=1S/C12H13NO2/c1-12(4-5-12)15-9-2-3-10-8(6-9)7-11(14)13-10/h2-3,6H,4-5,7H2,1H3,(H,13,14). The van der Waals surface area contributed by atoms with E-state index in [1.54, 1.807) is 0 Å². The van der Waals surface area contributed by atoms with Crippen molar-refractivity contribution in [3.05, 3.63) is 23.8 Å². The molecule has 3 heteroatoms. The Morgan fingerprint density at radius 2 is 2.20 bits per heavy atom. The lowest BCUT2D eigenvalue weighted by atomic mass is 10.1. The molecule has 1 aliphatic heterocycles. The second kappa shape index (κ2) is 2.75. The van der Waals surface area contributed by atoms with Gasteiger partial charge >= 0.3 is 0 Å². The molecule has 0 saturated heterocycles. The summed E-state index contributed by atoms with van der Waals surface area (Å²) in [6.45, 7) is 2.11. The van der Waals surface area contributed by atoms with Crippen LogP contribution in [0.4, 0.5) is 5.69 Å². The van der Waals surface area contributed by atoms with Crippen LogP contribution in [0, 0.1) is 0 Å². The SMILES string of the molecule is CC1(Oc2ccc3c(c2)CC(=O)N3)CC1. The van der Waals surface area contributed by atoms with Crippen LogP contribution in [0.5, 0.6) is 5.75 Å². The monoisotopic (exact) mass is 203 g/mol. The van der Waals surface area contributed by atoms with Gasteiger partial charge in [-0.05, 0) is 43.5 Å². The number of carbonyl (C=O) groups excluding carboxylic acids is 1. The van der Waals surface area contributed by atoms with Crippen LogP contribution in [-0.4, -0.2) is 11.5 Å². The van der Waals surface area contributed by atoms with E-state index in [4.69, 9.17) is 4.74 Å². The Kier molecular flexibility index (Phi) is 1.61. The maximum Gasteiger partial charge on any atom is 0.228 e. The van der Waals surface area contributed by atoms with E-state index in [0.29, 0.717) is 6.42 Å². The topological polar surface area (TPSA) is 38.3 Å². The highest BCUT2D eigenvalue weighted by atomic mass is 16.5. The first-order chi connectivity index (χ1) is 7.15. The first-order valence-corrected chi connectivity index (χ1v) is 5.26. The molecule has 1 fully saturated rings. The van der Waals surface area contributed by atoms with Crippen molar-refractivity contribution in [3.63, 3.8) is 0 Å². The van der Waals surface area contributed by atoms with Gasteiger partial charge in [0.25, 0.3) is 0 Å². The molecule has 0 aromatic heterocycles. The van der Waals surface area contributed by atoms with Gasteiger partial charge in [0, 0.05) is 5.69 Å². The fourth-order valence-corrected chi connectivity index (χ4v) is 1.83. The predicted molar refractivity (Wildman–Crippen MR) is 57.0 cm³/mol. The van der Waals surface area contributed by atoms with Crippen molar-refractivity contribution in [2.45, 2.75) is 31.8 Å². The number of benzene rings is 1. The smallest absolute Gasteiger partial charge is 0.228 e. The molecular weight excluding hydrogens is 190 g/mol. The molecule has 0 bridgehead atoms. The molecule has 3 nitrogen and oxygen atoms in total. The summed E-state index contributed by atoms with van der Waals surface area (Å²) in [5.41, 5.74) is 2.01. The molecule has 1 amide bonds. The normalized spacial score (nSPS) is 20.7. The van der Waals surface area contributed by atoms with Crippen molar-refractivity contribution in [1.29, 1.82) is 0 Å². The number of nitrogens with one attached hydrogen (secondary N) is 1. The van der Waals surface area contributed by atoms with Crippen molar-refractivity contribution in [2.75, 3.05) is 5.32 Å². The first kappa shape index (κ1) is 8.77. The van der Waals surface area contributed by atoms with E-state index < -0.39 is 0 Å². The fraction of sp³-hybridized carbons (Fsp3) is 0.417. The second-order valence-electron chi connectivity index (χ2n) is 4.60. The predicted octanol–water partition coefficient (Wildman–Crippen LogP) is 2.11. The molecule has 78 valence electrons. The molecule has 1 aromatic rings. The molecule has 0 unspecified atom stereocenters. The highest BCUT2D eigenvalue weighted by Gasteiger charge is 2.40. The van der Waals surface area contributed by atoms with Crippen molar-refractivity contribution in [3.8, 4) is 5.75 Å². The van der Waals surface area contributed by atoms with Crippen molar-refractivity contribution >= 4 is 11.6 Å². The number of anilines is 1. The lowest BCUT2D eigenvalue weighted by Gasteiger charge is -2.13. The molecular formula is C12H13NO2. The van der Waals surface area contributed by atoms with Crippen LogP contribution in [0.1, 0.15) is 25.3 Å². The Bertz CT molecular complexity index is 435. The largest absolute Gasteiger partial charge is 0.488 e. The average molecular weight is 203 g/mol. The Balaban J connectivity index is 1.86. The minimum Gasteiger partial charge on any atom is -0.488 e. The zero-order valence-electron chi connectivity index (χ0n) is 8.67. The van der Waals surface area contributed by atoms with E-state index in [0.717, 1.165) is 29.8 Å². The number of fused-ring (bicyclic) bond motifs is 1. The number of ether oxygens (including phenoxy) is 1. The maximum absolute atomic E-state index is 11.2. The third kappa shape index (κ3) is 1.58. The van der Waals surface area contributed by atoms with Crippen LogP contribution in [0.15, 0.2) is 18.2 Å². The molecule has 0 spiro atoms. The Morgan fingerprint density at radius 3 is 2.93 bits per heavy atom. The van der Waals surface area contributed by atoms with E-state index >= 15 is 0 Å². The minimum absolute atomic E-state index is 0.0459. The summed E-state index contributed by atoms with van der Waals surface area (Å²) in [5, 5.41) is 2.81. The summed E-state index contributed by atoms with van der Waals surface area (Å²) in [6, 6.07) is 5.81. The van der Waals surface area contributed by atoms with Crippen LogP contribution in [-0.2, 0) is 11.2 Å². The molecule has 0 radical (unpaired) electrons. The molecule has 1 aliphatic carbocycles. The number of amides is 1. The zero-order chi connectivity index (χ0) is 10.5. The van der Waals surface area contributed by atoms with Gasteiger partial charge in [0.05, 0.1) is 6.42 Å². The summed E-state index contributed by atoms with van der Waals surface area (Å²) >= 11 is 0. The van der Waals surface area contributed by atoms with Gasteiger partial charge in [-0.15, -0.1) is 0 Å². The molecule has 1 aromatic carbocycles. The van der Waals surface area contributed by atoms with Gasteiger partial charge in [-0.2, -0.15) is 0 Å². The molecule has 15 heavy (non-hydrogen) atoms. The molecule has 1 saturated carbocycles. The number of carbonyl (C=O) groups is 1. The number of rotatable bonds is 2. The van der Waals surface area contributed by atoms with E-state index in [-0.39, 0.29) is 11.5 Å². The highest BCUT2D eigenvalue weighted by molar-refractivity contribution is 5.99. The van der Waals surface area contributed by atoms with Gasteiger partial charge < -0.3 is 10.1 Å². The Hall–Kier alpha value is -1.51. The summed E-state index contributed by atoms with van der Waals surface area (Å²) < 4.78 is 5.83.